The van der Waals surface area contributed by atoms with Gasteiger partial charge in [-0.2, -0.15) is 0 Å². The summed E-state index contributed by atoms with van der Waals surface area (Å²) in [6, 6.07) is 0. The highest BCUT2D eigenvalue weighted by atomic mass is 19.2. The molecule has 1 aliphatic heterocycles. The summed E-state index contributed by atoms with van der Waals surface area (Å²) in [7, 11) is 0. The van der Waals surface area contributed by atoms with E-state index in [4.69, 9.17) is 0 Å². The van der Waals surface area contributed by atoms with Crippen LogP contribution in [-0.4, -0.2) is 18.2 Å². The fourth-order valence-corrected chi connectivity index (χ4v) is 0.865. The summed E-state index contributed by atoms with van der Waals surface area (Å²) >= 11 is 0. The predicted molar refractivity (Wildman–Crippen MR) is 31.1 cm³/mol. The van der Waals surface area contributed by atoms with Crippen molar-refractivity contribution in [2.45, 2.75) is 13.3 Å². The monoisotopic (exact) mass is 115 g/mol. The second-order valence-corrected chi connectivity index (χ2v) is 2.18. The summed E-state index contributed by atoms with van der Waals surface area (Å²) in [4.78, 5) is 0. The lowest BCUT2D eigenvalue weighted by atomic mass is 10.2. The fourth-order valence-electron chi connectivity index (χ4n) is 0.865. The molecule has 0 aromatic carbocycles. The summed E-state index contributed by atoms with van der Waals surface area (Å²) in [6.45, 7) is 3.02. The molecule has 2 heteroatoms. The number of hydrogen-bond acceptors (Lipinski definition) is 1. The molecule has 0 fully saturated rings. The summed E-state index contributed by atoms with van der Waals surface area (Å²) in [5, 5.41) is 0.843. The maximum absolute atomic E-state index is 12.2. The molecule has 0 unspecified atom stereocenters. The Morgan fingerprint density at radius 3 is 2.88 bits per heavy atom. The van der Waals surface area contributed by atoms with Gasteiger partial charge in [0.05, 0.1) is 0 Å². The fraction of sp³-hybridized carbons (Fsp3) is 0.667. The largest absolute Gasteiger partial charge is 0.142 e. The van der Waals surface area contributed by atoms with Gasteiger partial charge in [0.2, 0.25) is 0 Å². The predicted octanol–water partition coefficient (Wildman–Crippen LogP) is 1.52. The molecule has 1 aliphatic rings. The zero-order chi connectivity index (χ0) is 5.98. The van der Waals surface area contributed by atoms with E-state index in [0.717, 1.165) is 17.1 Å². The molecule has 0 radical (unpaired) electrons. The molecule has 1 heterocycles. The molecular weight excluding hydrogens is 105 g/mol. The second kappa shape index (κ2) is 2.27. The summed E-state index contributed by atoms with van der Waals surface area (Å²) < 4.78 is 12.2. The van der Waals surface area contributed by atoms with Gasteiger partial charge in [0.15, 0.2) is 0 Å². The van der Waals surface area contributed by atoms with Crippen molar-refractivity contribution in [1.29, 1.82) is 0 Å². The molecule has 0 spiro atoms. The quantitative estimate of drug-likeness (QED) is 0.342. The lowest BCUT2D eigenvalue weighted by molar-refractivity contribution is 0.0340. The van der Waals surface area contributed by atoms with Crippen molar-refractivity contribution in [3.63, 3.8) is 0 Å². The van der Waals surface area contributed by atoms with Crippen LogP contribution in [0.25, 0.3) is 0 Å². The Kier molecular flexibility index (Phi) is 1.63. The number of halogens is 1. The normalized spacial score (nSPS) is 23.0. The third-order valence-corrected chi connectivity index (χ3v) is 1.29. The van der Waals surface area contributed by atoms with Crippen molar-refractivity contribution >= 4 is 0 Å². The Hall–Kier alpha value is -0.370. The van der Waals surface area contributed by atoms with Crippen molar-refractivity contribution < 1.29 is 4.48 Å². The van der Waals surface area contributed by atoms with Gasteiger partial charge < -0.3 is 0 Å². The van der Waals surface area contributed by atoms with Crippen LogP contribution in [0.15, 0.2) is 11.6 Å². The summed E-state index contributed by atoms with van der Waals surface area (Å²) in [6.07, 6.45) is 2.94. The van der Waals surface area contributed by atoms with Crippen LogP contribution in [0, 0.1) is 0 Å². The van der Waals surface area contributed by atoms with Crippen molar-refractivity contribution in [3.05, 3.63) is 11.6 Å². The van der Waals surface area contributed by atoms with Crippen LogP contribution in [0.3, 0.4) is 0 Å². The molecule has 1 rings (SSSR count). The highest BCUT2D eigenvalue weighted by molar-refractivity contribution is 5.02. The average Bonchev–Trinajstić information content (AvgIpc) is 1.64. The van der Waals surface area contributed by atoms with Gasteiger partial charge in [-0.15, -0.1) is 9.60 Å². The van der Waals surface area contributed by atoms with Gasteiger partial charge in [-0.1, -0.05) is 11.6 Å². The lowest BCUT2D eigenvalue weighted by Crippen LogP contribution is -2.20. The summed E-state index contributed by atoms with van der Waals surface area (Å²) in [5.41, 5.74) is 1.14. The molecule has 0 atom stereocenters. The number of hydrogen-bond donors (Lipinski definition) is 0. The van der Waals surface area contributed by atoms with Crippen LogP contribution in [0.1, 0.15) is 13.3 Å². The van der Waals surface area contributed by atoms with Crippen LogP contribution in [0.2, 0.25) is 0 Å². The van der Waals surface area contributed by atoms with E-state index >= 15 is 0 Å². The van der Waals surface area contributed by atoms with Gasteiger partial charge in [0.1, 0.15) is 0 Å². The Labute approximate surface area is 48.7 Å². The van der Waals surface area contributed by atoms with Crippen molar-refractivity contribution in [2.75, 3.05) is 13.1 Å². The Bertz CT molecular complexity index is 109. The van der Waals surface area contributed by atoms with Crippen LogP contribution < -0.4 is 0 Å². The van der Waals surface area contributed by atoms with Gasteiger partial charge in [0, 0.05) is 13.1 Å². The van der Waals surface area contributed by atoms with Crippen LogP contribution in [0.5, 0.6) is 0 Å². The molecule has 1 nitrogen and oxygen atoms in total. The molecule has 8 heavy (non-hydrogen) atoms. The topological polar surface area (TPSA) is 3.24 Å². The maximum atomic E-state index is 12.2. The minimum atomic E-state index is 0.500. The summed E-state index contributed by atoms with van der Waals surface area (Å²) in [5.74, 6) is 0. The molecule has 0 aromatic heterocycles. The van der Waals surface area contributed by atoms with E-state index in [-0.39, 0.29) is 0 Å². The zero-order valence-electron chi connectivity index (χ0n) is 5.02. The van der Waals surface area contributed by atoms with Crippen molar-refractivity contribution in [1.82, 2.24) is 5.12 Å². The van der Waals surface area contributed by atoms with E-state index in [0.29, 0.717) is 13.1 Å². The minimum absolute atomic E-state index is 0.500. The van der Waals surface area contributed by atoms with Crippen molar-refractivity contribution in [3.8, 4) is 0 Å². The first-order valence-electron chi connectivity index (χ1n) is 2.85. The molecule has 46 valence electrons. The minimum Gasteiger partial charge on any atom is -0.142 e. The first kappa shape index (κ1) is 5.76. The smallest absolute Gasteiger partial charge is 0.0498 e. The molecule has 0 aliphatic carbocycles. The van der Waals surface area contributed by atoms with Gasteiger partial charge in [-0.3, -0.25) is 0 Å². The Morgan fingerprint density at radius 1 is 1.75 bits per heavy atom. The van der Waals surface area contributed by atoms with Gasteiger partial charge in [0.25, 0.3) is 0 Å². The van der Waals surface area contributed by atoms with E-state index in [1.54, 1.807) is 0 Å². The third-order valence-electron chi connectivity index (χ3n) is 1.29. The van der Waals surface area contributed by atoms with Crippen LogP contribution in [0.4, 0.5) is 4.48 Å². The highest BCUT2D eigenvalue weighted by Crippen LogP contribution is 2.07. The number of nitrogens with zero attached hydrogens (tertiary/aromatic N) is 1. The molecule has 0 saturated heterocycles. The Morgan fingerprint density at radius 2 is 2.50 bits per heavy atom. The molecule has 0 saturated carbocycles. The average molecular weight is 115 g/mol. The van der Waals surface area contributed by atoms with E-state index in [1.165, 1.54) is 0 Å². The maximum Gasteiger partial charge on any atom is 0.0498 e. The van der Waals surface area contributed by atoms with Gasteiger partial charge in [-0.25, -0.2) is 0 Å². The first-order chi connectivity index (χ1) is 3.79. The van der Waals surface area contributed by atoms with E-state index < -0.39 is 0 Å². The molecule has 0 bridgehead atoms. The van der Waals surface area contributed by atoms with E-state index in [1.807, 2.05) is 6.92 Å². The standard InChI is InChI=1S/C6H10FN/c1-6-3-2-4-8(7)5-6/h3H,2,4-5H2,1H3. The number of rotatable bonds is 0. The van der Waals surface area contributed by atoms with Crippen LogP contribution in [-0.2, 0) is 0 Å². The van der Waals surface area contributed by atoms with Gasteiger partial charge in [-0.05, 0) is 13.3 Å². The van der Waals surface area contributed by atoms with Gasteiger partial charge >= 0.3 is 0 Å². The van der Waals surface area contributed by atoms with Crippen LogP contribution >= 0.6 is 0 Å². The highest BCUT2D eigenvalue weighted by Gasteiger charge is 2.06. The SMILES string of the molecule is CC1=CCCN(F)C1. The molecule has 0 N–H and O–H groups in total. The molecule has 0 aromatic rings. The lowest BCUT2D eigenvalue weighted by Gasteiger charge is -2.15. The zero-order valence-corrected chi connectivity index (χ0v) is 5.02. The third kappa shape index (κ3) is 1.30. The second-order valence-electron chi connectivity index (χ2n) is 2.18. The molecule has 0 amide bonds. The van der Waals surface area contributed by atoms with E-state index in [2.05, 4.69) is 6.08 Å². The van der Waals surface area contributed by atoms with E-state index in [9.17, 15) is 4.48 Å². The molecular formula is C6H10FN. The van der Waals surface area contributed by atoms with Crippen molar-refractivity contribution in [2.24, 2.45) is 0 Å². The Balaban J connectivity index is 2.45. The first-order valence-corrected chi connectivity index (χ1v) is 2.85.